The summed E-state index contributed by atoms with van der Waals surface area (Å²) >= 11 is 0. The SMILES string of the molecule is Cl.c1cc(OCC2CCCO2)ccc1CN1C2CCNCC1CC2. The quantitative estimate of drug-likeness (QED) is 0.883. The molecule has 3 fully saturated rings. The Balaban J connectivity index is 0.00000169. The number of nitrogens with zero attached hydrogens (tertiary/aromatic N) is 1. The maximum atomic E-state index is 5.86. The molecule has 134 valence electrons. The van der Waals surface area contributed by atoms with Crippen LogP contribution in [0.2, 0.25) is 0 Å². The molecule has 1 aromatic rings. The summed E-state index contributed by atoms with van der Waals surface area (Å²) in [5, 5.41) is 3.57. The second-order valence-electron chi connectivity index (χ2n) is 7.14. The second kappa shape index (κ2) is 8.52. The standard InChI is InChI=1S/C19H28N2O2.ClH/c1-2-19(22-11-1)14-23-18-7-3-15(4-8-18)13-21-16-5-6-17(21)12-20-10-9-16;/h3-4,7-8,16-17,19-20H,1-2,5-6,9-14H2;1H. The molecule has 3 unspecified atom stereocenters. The third kappa shape index (κ3) is 4.23. The van der Waals surface area contributed by atoms with Gasteiger partial charge in [-0.2, -0.15) is 0 Å². The van der Waals surface area contributed by atoms with Crippen LogP contribution in [0.25, 0.3) is 0 Å². The van der Waals surface area contributed by atoms with Crippen LogP contribution in [0.5, 0.6) is 5.75 Å². The average molecular weight is 353 g/mol. The van der Waals surface area contributed by atoms with Crippen LogP contribution in [0, 0.1) is 0 Å². The van der Waals surface area contributed by atoms with Gasteiger partial charge < -0.3 is 14.8 Å². The van der Waals surface area contributed by atoms with Crippen LogP contribution in [-0.4, -0.2) is 49.4 Å². The molecule has 3 heterocycles. The molecule has 24 heavy (non-hydrogen) atoms. The van der Waals surface area contributed by atoms with E-state index >= 15 is 0 Å². The lowest BCUT2D eigenvalue weighted by Crippen LogP contribution is -2.37. The smallest absolute Gasteiger partial charge is 0.119 e. The van der Waals surface area contributed by atoms with Crippen molar-refractivity contribution < 1.29 is 9.47 Å². The van der Waals surface area contributed by atoms with Crippen molar-refractivity contribution in [3.8, 4) is 5.75 Å². The molecule has 3 aliphatic heterocycles. The summed E-state index contributed by atoms with van der Waals surface area (Å²) < 4.78 is 11.5. The molecule has 3 aliphatic rings. The van der Waals surface area contributed by atoms with E-state index in [4.69, 9.17) is 9.47 Å². The predicted octanol–water partition coefficient (Wildman–Crippen LogP) is 2.99. The molecule has 0 aromatic heterocycles. The fourth-order valence-corrected chi connectivity index (χ4v) is 4.21. The topological polar surface area (TPSA) is 33.7 Å². The highest BCUT2D eigenvalue weighted by molar-refractivity contribution is 5.85. The molecule has 2 bridgehead atoms. The molecule has 5 heteroatoms. The van der Waals surface area contributed by atoms with E-state index in [0.717, 1.165) is 44.0 Å². The first-order valence-electron chi connectivity index (χ1n) is 9.18. The molecular formula is C19H29ClN2O2. The Morgan fingerprint density at radius 2 is 1.92 bits per heavy atom. The lowest BCUT2D eigenvalue weighted by Gasteiger charge is -2.27. The van der Waals surface area contributed by atoms with Gasteiger partial charge in [0.15, 0.2) is 0 Å². The third-order valence-corrected chi connectivity index (χ3v) is 5.55. The van der Waals surface area contributed by atoms with E-state index in [9.17, 15) is 0 Å². The Morgan fingerprint density at radius 1 is 1.08 bits per heavy atom. The van der Waals surface area contributed by atoms with Crippen LogP contribution >= 0.6 is 12.4 Å². The maximum absolute atomic E-state index is 5.86. The molecule has 1 N–H and O–H groups in total. The lowest BCUT2D eigenvalue weighted by atomic mass is 10.1. The minimum Gasteiger partial charge on any atom is -0.491 e. The first kappa shape index (κ1) is 18.0. The van der Waals surface area contributed by atoms with Gasteiger partial charge in [-0.3, -0.25) is 4.90 Å². The van der Waals surface area contributed by atoms with Gasteiger partial charge in [0.05, 0.1) is 6.10 Å². The molecule has 0 spiro atoms. The fraction of sp³-hybridized carbons (Fsp3) is 0.684. The van der Waals surface area contributed by atoms with Gasteiger partial charge in [0.2, 0.25) is 0 Å². The van der Waals surface area contributed by atoms with Gasteiger partial charge >= 0.3 is 0 Å². The van der Waals surface area contributed by atoms with Crippen molar-refractivity contribution in [3.05, 3.63) is 29.8 Å². The number of benzene rings is 1. The number of rotatable bonds is 5. The summed E-state index contributed by atoms with van der Waals surface area (Å²) in [4.78, 5) is 2.71. The van der Waals surface area contributed by atoms with Crippen LogP contribution in [0.1, 0.15) is 37.7 Å². The van der Waals surface area contributed by atoms with Gasteiger partial charge in [-0.05, 0) is 56.3 Å². The van der Waals surface area contributed by atoms with Crippen LogP contribution in [0.15, 0.2) is 24.3 Å². The Labute approximate surface area is 151 Å². The zero-order chi connectivity index (χ0) is 15.5. The van der Waals surface area contributed by atoms with Gasteiger partial charge in [0.1, 0.15) is 12.4 Å². The monoisotopic (exact) mass is 352 g/mol. The minimum atomic E-state index is 0. The number of fused-ring (bicyclic) bond motifs is 2. The molecule has 0 saturated carbocycles. The zero-order valence-corrected chi connectivity index (χ0v) is 15.1. The van der Waals surface area contributed by atoms with E-state index < -0.39 is 0 Å². The number of hydrogen-bond acceptors (Lipinski definition) is 4. The van der Waals surface area contributed by atoms with Crippen molar-refractivity contribution in [1.82, 2.24) is 10.2 Å². The summed E-state index contributed by atoms with van der Waals surface area (Å²) in [7, 11) is 0. The van der Waals surface area contributed by atoms with Crippen LogP contribution in [0.3, 0.4) is 0 Å². The lowest BCUT2D eigenvalue weighted by molar-refractivity contribution is 0.0679. The first-order valence-corrected chi connectivity index (χ1v) is 9.18. The van der Waals surface area contributed by atoms with Crippen LogP contribution in [0.4, 0.5) is 0 Å². The molecule has 4 rings (SSSR count). The molecule has 3 saturated heterocycles. The summed E-state index contributed by atoms with van der Waals surface area (Å²) in [6.07, 6.45) is 6.59. The van der Waals surface area contributed by atoms with Crippen LogP contribution < -0.4 is 10.1 Å². The highest BCUT2D eigenvalue weighted by Gasteiger charge is 2.34. The summed E-state index contributed by atoms with van der Waals surface area (Å²) in [5.74, 6) is 0.963. The molecule has 3 atom stereocenters. The number of hydrogen-bond donors (Lipinski definition) is 1. The van der Waals surface area contributed by atoms with E-state index in [1.807, 2.05) is 0 Å². The average Bonchev–Trinajstić information content (AvgIpc) is 3.15. The normalized spacial score (nSPS) is 29.9. The summed E-state index contributed by atoms with van der Waals surface area (Å²) in [5.41, 5.74) is 1.40. The second-order valence-corrected chi connectivity index (χ2v) is 7.14. The Bertz CT molecular complexity index is 491. The van der Waals surface area contributed by atoms with Gasteiger partial charge in [-0.25, -0.2) is 0 Å². The molecule has 0 radical (unpaired) electrons. The number of ether oxygens (including phenoxy) is 2. The van der Waals surface area contributed by atoms with Crippen molar-refractivity contribution >= 4 is 12.4 Å². The predicted molar refractivity (Wildman–Crippen MR) is 98.0 cm³/mol. The minimum absolute atomic E-state index is 0. The third-order valence-electron chi connectivity index (χ3n) is 5.55. The van der Waals surface area contributed by atoms with Crippen molar-refractivity contribution in [3.63, 3.8) is 0 Å². The molecule has 1 aromatic carbocycles. The van der Waals surface area contributed by atoms with Crippen molar-refractivity contribution in [1.29, 1.82) is 0 Å². The van der Waals surface area contributed by atoms with E-state index in [0.29, 0.717) is 6.61 Å². The number of halogens is 1. The molecule has 0 amide bonds. The highest BCUT2D eigenvalue weighted by atomic mass is 35.5. The number of nitrogens with one attached hydrogen (secondary N) is 1. The Morgan fingerprint density at radius 3 is 2.71 bits per heavy atom. The molecule has 4 nitrogen and oxygen atoms in total. The zero-order valence-electron chi connectivity index (χ0n) is 14.3. The Hall–Kier alpha value is -0.810. The van der Waals surface area contributed by atoms with Gasteiger partial charge in [-0.1, -0.05) is 12.1 Å². The van der Waals surface area contributed by atoms with E-state index in [-0.39, 0.29) is 18.5 Å². The van der Waals surface area contributed by atoms with Crippen molar-refractivity contribution in [2.24, 2.45) is 0 Å². The summed E-state index contributed by atoms with van der Waals surface area (Å²) in [6.45, 7) is 4.97. The van der Waals surface area contributed by atoms with E-state index in [1.54, 1.807) is 0 Å². The molecular weight excluding hydrogens is 324 g/mol. The Kier molecular flexibility index (Phi) is 6.39. The van der Waals surface area contributed by atoms with Crippen LogP contribution in [-0.2, 0) is 11.3 Å². The first-order chi connectivity index (χ1) is 11.4. The van der Waals surface area contributed by atoms with E-state index in [2.05, 4.69) is 34.5 Å². The fourth-order valence-electron chi connectivity index (χ4n) is 4.21. The van der Waals surface area contributed by atoms with E-state index in [1.165, 1.54) is 37.8 Å². The summed E-state index contributed by atoms with van der Waals surface area (Å²) in [6, 6.07) is 10.2. The van der Waals surface area contributed by atoms with Gasteiger partial charge in [0, 0.05) is 31.8 Å². The maximum Gasteiger partial charge on any atom is 0.119 e. The molecule has 0 aliphatic carbocycles. The van der Waals surface area contributed by atoms with Crippen molar-refractivity contribution in [2.75, 3.05) is 26.3 Å². The van der Waals surface area contributed by atoms with Gasteiger partial charge in [0.25, 0.3) is 0 Å². The largest absolute Gasteiger partial charge is 0.491 e. The van der Waals surface area contributed by atoms with Gasteiger partial charge in [-0.15, -0.1) is 12.4 Å². The highest BCUT2D eigenvalue weighted by Crippen LogP contribution is 2.29. The van der Waals surface area contributed by atoms with Crippen molar-refractivity contribution in [2.45, 2.75) is 56.8 Å².